The minimum absolute atomic E-state index is 0.195. The highest BCUT2D eigenvalue weighted by Crippen LogP contribution is 2.23. The molecule has 0 fully saturated rings. The van der Waals surface area contributed by atoms with Crippen molar-refractivity contribution in [3.05, 3.63) is 64.6 Å². The first-order chi connectivity index (χ1) is 12.2. The molecule has 0 aliphatic heterocycles. The van der Waals surface area contributed by atoms with Gasteiger partial charge in [-0.25, -0.2) is 19.2 Å². The number of H-pyrrole nitrogens is 1. The lowest BCUT2D eigenvalue weighted by Gasteiger charge is -2.05. The van der Waals surface area contributed by atoms with Gasteiger partial charge in [-0.1, -0.05) is 13.0 Å². The highest BCUT2D eigenvalue weighted by Gasteiger charge is 2.16. The molecule has 0 unspecified atom stereocenters. The summed E-state index contributed by atoms with van der Waals surface area (Å²) in [6, 6.07) is 5.58. The van der Waals surface area contributed by atoms with Crippen LogP contribution in [0.15, 0.2) is 47.8 Å². The van der Waals surface area contributed by atoms with Gasteiger partial charge in [0.05, 0.1) is 18.5 Å². The molecule has 25 heavy (non-hydrogen) atoms. The van der Waals surface area contributed by atoms with Crippen molar-refractivity contribution in [1.29, 1.82) is 0 Å². The third-order valence-electron chi connectivity index (χ3n) is 4.12. The van der Waals surface area contributed by atoms with Crippen LogP contribution in [-0.4, -0.2) is 34.5 Å². The number of pyridine rings is 1. The third-order valence-corrected chi connectivity index (χ3v) is 4.12. The number of hydrogen-bond donors (Lipinski definition) is 2. The molecule has 0 spiro atoms. The molecule has 2 N–H and O–H groups in total. The molecule has 0 atom stereocenters. The molecule has 0 aliphatic rings. The summed E-state index contributed by atoms with van der Waals surface area (Å²) >= 11 is 0. The molecule has 4 rings (SSSR count). The Hall–Kier alpha value is -3.26. The number of nitrogens with one attached hydrogen (secondary N) is 1. The quantitative estimate of drug-likeness (QED) is 0.585. The number of rotatable bonds is 4. The summed E-state index contributed by atoms with van der Waals surface area (Å²) in [5.41, 5.74) is 2.72. The van der Waals surface area contributed by atoms with Gasteiger partial charge in [0.25, 0.3) is 5.56 Å². The van der Waals surface area contributed by atoms with Gasteiger partial charge in [-0.15, -0.1) is 0 Å². The molecule has 4 heterocycles. The van der Waals surface area contributed by atoms with Crippen molar-refractivity contribution in [2.24, 2.45) is 0 Å². The van der Waals surface area contributed by atoms with Gasteiger partial charge in [-0.2, -0.15) is 5.10 Å². The first-order valence-electron chi connectivity index (χ1n) is 7.92. The summed E-state index contributed by atoms with van der Waals surface area (Å²) in [7, 11) is 0. The Morgan fingerprint density at radius 1 is 1.32 bits per heavy atom. The molecule has 0 amide bonds. The second-order valence-corrected chi connectivity index (χ2v) is 5.56. The molecular weight excluding hydrogens is 320 g/mol. The summed E-state index contributed by atoms with van der Waals surface area (Å²) in [5.74, 6) is 0.697. The van der Waals surface area contributed by atoms with Gasteiger partial charge < -0.3 is 5.11 Å². The molecule has 0 saturated heterocycles. The van der Waals surface area contributed by atoms with Crippen LogP contribution < -0.4 is 5.56 Å². The van der Waals surface area contributed by atoms with E-state index in [2.05, 4.69) is 20.2 Å². The van der Waals surface area contributed by atoms with E-state index in [9.17, 15) is 9.90 Å². The number of fused-ring (bicyclic) bond motifs is 1. The normalized spacial score (nSPS) is 11.3. The molecule has 8 nitrogen and oxygen atoms in total. The summed E-state index contributed by atoms with van der Waals surface area (Å²) in [6.07, 6.45) is 7.43. The molecular formula is C17H16N6O2. The monoisotopic (exact) mass is 336 g/mol. The number of nitrogens with zero attached hydrogens (tertiary/aromatic N) is 5. The van der Waals surface area contributed by atoms with Crippen LogP contribution in [-0.2, 0) is 13.0 Å². The van der Waals surface area contributed by atoms with Crippen LogP contribution >= 0.6 is 0 Å². The van der Waals surface area contributed by atoms with Crippen LogP contribution in [0.2, 0.25) is 0 Å². The molecule has 4 aromatic heterocycles. The third kappa shape index (κ3) is 2.43. The average molecular weight is 336 g/mol. The Balaban J connectivity index is 1.87. The van der Waals surface area contributed by atoms with Gasteiger partial charge >= 0.3 is 0 Å². The zero-order chi connectivity index (χ0) is 17.4. The second kappa shape index (κ2) is 5.99. The van der Waals surface area contributed by atoms with Crippen molar-refractivity contribution < 1.29 is 5.11 Å². The molecule has 0 radical (unpaired) electrons. The van der Waals surface area contributed by atoms with Gasteiger partial charge in [0.2, 0.25) is 0 Å². The fourth-order valence-electron chi connectivity index (χ4n) is 2.87. The van der Waals surface area contributed by atoms with Crippen LogP contribution in [0.25, 0.3) is 22.6 Å². The molecule has 0 bridgehead atoms. The number of aliphatic hydroxyl groups excluding tert-OH is 1. The van der Waals surface area contributed by atoms with Gasteiger partial charge in [-0.3, -0.25) is 9.89 Å². The summed E-state index contributed by atoms with van der Waals surface area (Å²) in [6.45, 7) is 1.59. The van der Waals surface area contributed by atoms with E-state index in [-0.39, 0.29) is 12.2 Å². The zero-order valence-corrected chi connectivity index (χ0v) is 13.5. The van der Waals surface area contributed by atoms with Crippen LogP contribution in [0.5, 0.6) is 0 Å². The van der Waals surface area contributed by atoms with Gasteiger partial charge in [0.15, 0.2) is 11.5 Å². The van der Waals surface area contributed by atoms with Crippen LogP contribution in [0.3, 0.4) is 0 Å². The molecule has 8 heteroatoms. The van der Waals surface area contributed by atoms with E-state index in [0.717, 1.165) is 11.1 Å². The van der Waals surface area contributed by atoms with Crippen molar-refractivity contribution >= 4 is 5.65 Å². The first kappa shape index (κ1) is 15.3. The second-order valence-electron chi connectivity index (χ2n) is 5.56. The number of aromatic nitrogens is 6. The van der Waals surface area contributed by atoms with Crippen molar-refractivity contribution in [3.63, 3.8) is 0 Å². The lowest BCUT2D eigenvalue weighted by molar-refractivity contribution is 0.275. The molecule has 0 aliphatic carbocycles. The Kier molecular flexibility index (Phi) is 3.66. The fraction of sp³-hybridized carbons (Fsp3) is 0.176. The van der Waals surface area contributed by atoms with Crippen LogP contribution in [0.4, 0.5) is 0 Å². The van der Waals surface area contributed by atoms with E-state index < -0.39 is 0 Å². The topological polar surface area (TPSA) is 101 Å². The lowest BCUT2D eigenvalue weighted by Crippen LogP contribution is -2.22. The van der Waals surface area contributed by atoms with Gasteiger partial charge in [-0.05, 0) is 18.6 Å². The summed E-state index contributed by atoms with van der Waals surface area (Å²) < 4.78 is 3.05. The standard InChI is InChI=1S/C17H16N6O2/c1-2-12-14(10-24)21-16-13(8-20-23(16)17(12)25)11-7-19-22(9-11)15-5-3-4-6-18-15/h3-9,20,24H,2,10H2,1H3. The van der Waals surface area contributed by atoms with Crippen LogP contribution in [0.1, 0.15) is 18.2 Å². The zero-order valence-electron chi connectivity index (χ0n) is 13.5. The molecule has 4 aromatic rings. The molecule has 126 valence electrons. The number of aromatic amines is 1. The highest BCUT2D eigenvalue weighted by molar-refractivity contribution is 5.76. The molecule has 0 aromatic carbocycles. The highest BCUT2D eigenvalue weighted by atomic mass is 16.3. The number of hydrogen-bond acceptors (Lipinski definition) is 5. The van der Waals surface area contributed by atoms with E-state index in [1.165, 1.54) is 4.52 Å². The van der Waals surface area contributed by atoms with Gasteiger partial charge in [0.1, 0.15) is 0 Å². The summed E-state index contributed by atoms with van der Waals surface area (Å²) in [5, 5.41) is 16.8. The fourth-order valence-corrected chi connectivity index (χ4v) is 2.87. The Bertz CT molecular complexity index is 1090. The predicted octanol–water partition coefficient (Wildman–Crippen LogP) is 1.32. The SMILES string of the molecule is CCc1c(CO)nc2c(-c3cnn(-c4ccccn4)c3)c[nH]n2c1=O. The van der Waals surface area contributed by atoms with E-state index in [0.29, 0.717) is 29.1 Å². The maximum absolute atomic E-state index is 12.6. The first-order valence-corrected chi connectivity index (χ1v) is 7.92. The number of aliphatic hydroxyl groups is 1. The van der Waals surface area contributed by atoms with E-state index in [4.69, 9.17) is 0 Å². The maximum atomic E-state index is 12.6. The van der Waals surface area contributed by atoms with Crippen LogP contribution in [0, 0.1) is 0 Å². The smallest absolute Gasteiger partial charge is 0.276 e. The van der Waals surface area contributed by atoms with Crippen molar-refractivity contribution in [2.45, 2.75) is 20.0 Å². The molecule has 0 saturated carbocycles. The van der Waals surface area contributed by atoms with E-state index >= 15 is 0 Å². The Labute approximate surface area is 142 Å². The van der Waals surface area contributed by atoms with Gasteiger partial charge in [0, 0.05) is 35.3 Å². The lowest BCUT2D eigenvalue weighted by atomic mass is 10.1. The van der Waals surface area contributed by atoms with E-state index in [1.807, 2.05) is 31.3 Å². The largest absolute Gasteiger partial charge is 0.390 e. The summed E-state index contributed by atoms with van der Waals surface area (Å²) in [4.78, 5) is 21.3. The Morgan fingerprint density at radius 3 is 2.92 bits per heavy atom. The van der Waals surface area contributed by atoms with Crippen molar-refractivity contribution in [2.75, 3.05) is 0 Å². The Morgan fingerprint density at radius 2 is 2.20 bits per heavy atom. The van der Waals surface area contributed by atoms with E-state index in [1.54, 1.807) is 23.3 Å². The predicted molar refractivity (Wildman–Crippen MR) is 91.5 cm³/mol. The minimum atomic E-state index is -0.271. The van der Waals surface area contributed by atoms with Crippen molar-refractivity contribution in [1.82, 2.24) is 29.4 Å². The minimum Gasteiger partial charge on any atom is -0.390 e. The maximum Gasteiger partial charge on any atom is 0.276 e. The average Bonchev–Trinajstić information content (AvgIpc) is 3.29. The van der Waals surface area contributed by atoms with Crippen molar-refractivity contribution in [3.8, 4) is 16.9 Å².